The second-order valence-corrected chi connectivity index (χ2v) is 15.3. The van der Waals surface area contributed by atoms with Crippen LogP contribution in [0, 0.1) is 0 Å². The molecule has 144 valence electrons. The van der Waals surface area contributed by atoms with Crippen LogP contribution in [0.25, 0.3) is 6.08 Å². The second kappa shape index (κ2) is 9.90. The van der Waals surface area contributed by atoms with Crippen molar-refractivity contribution in [3.63, 3.8) is 0 Å². The van der Waals surface area contributed by atoms with E-state index in [1.165, 1.54) is 47.1 Å². The van der Waals surface area contributed by atoms with E-state index in [0.29, 0.717) is 0 Å². The second-order valence-electron chi connectivity index (χ2n) is 8.21. The topological polar surface area (TPSA) is 0 Å². The molecule has 0 heterocycles. The maximum absolute atomic E-state index is 2.61. The average Bonchev–Trinajstić information content (AvgIpc) is 3.35. The molecule has 0 bridgehead atoms. The third kappa shape index (κ3) is 4.33. The molecule has 0 aliphatic heterocycles. The van der Waals surface area contributed by atoms with Gasteiger partial charge in [0.05, 0.1) is 0 Å². The van der Waals surface area contributed by atoms with Crippen LogP contribution in [0.15, 0.2) is 64.1 Å². The van der Waals surface area contributed by atoms with Crippen molar-refractivity contribution in [1.82, 2.24) is 0 Å². The van der Waals surface area contributed by atoms with E-state index < -0.39 is 16.6 Å². The van der Waals surface area contributed by atoms with E-state index in [9.17, 15) is 0 Å². The van der Waals surface area contributed by atoms with Gasteiger partial charge in [0.1, 0.15) is 0 Å². The Morgan fingerprint density at radius 2 is 1.78 bits per heavy atom. The van der Waals surface area contributed by atoms with Crippen LogP contribution >= 0.6 is 0 Å². The molecule has 0 fully saturated rings. The average molecular weight is 396 g/mol. The van der Waals surface area contributed by atoms with E-state index in [1.54, 1.807) is 11.1 Å². The third-order valence-electron chi connectivity index (χ3n) is 6.55. The summed E-state index contributed by atoms with van der Waals surface area (Å²) < 4.78 is 5.63. The first-order chi connectivity index (χ1) is 13.3. The van der Waals surface area contributed by atoms with Crippen molar-refractivity contribution < 1.29 is 16.6 Å². The number of hydrogen-bond donors (Lipinski definition) is 0. The number of allylic oxidation sites excluding steroid dienone is 7. The third-order valence-corrected chi connectivity index (χ3v) is 15.8. The zero-order valence-corrected chi connectivity index (χ0v) is 19.1. The van der Waals surface area contributed by atoms with Gasteiger partial charge in [-0.05, 0) is 0 Å². The Balaban J connectivity index is 2.09. The summed E-state index contributed by atoms with van der Waals surface area (Å²) in [6, 6.07) is 9.20. The summed E-state index contributed by atoms with van der Waals surface area (Å²) in [6.45, 7) is 6.89. The predicted octanol–water partition coefficient (Wildman–Crippen LogP) is 8.53. The first kappa shape index (κ1) is 20.6. The van der Waals surface area contributed by atoms with Gasteiger partial charge in [-0.15, -0.1) is 0 Å². The quantitative estimate of drug-likeness (QED) is 0.275. The Hall–Kier alpha value is -1.11. The molecule has 2 aliphatic carbocycles. The van der Waals surface area contributed by atoms with Gasteiger partial charge in [0.15, 0.2) is 0 Å². The number of hydrogen-bond acceptors (Lipinski definition) is 0. The minimum absolute atomic E-state index is 0.717. The number of fused-ring (bicyclic) bond motifs is 1. The Bertz CT molecular complexity index is 739. The molecule has 0 saturated carbocycles. The van der Waals surface area contributed by atoms with Gasteiger partial charge in [0, 0.05) is 0 Å². The first-order valence-corrected chi connectivity index (χ1v) is 14.9. The van der Waals surface area contributed by atoms with Crippen LogP contribution in [0.3, 0.4) is 0 Å². The zero-order valence-electron chi connectivity index (χ0n) is 17.5. The van der Waals surface area contributed by atoms with Crippen LogP contribution in [0.4, 0.5) is 0 Å². The van der Waals surface area contributed by atoms with Gasteiger partial charge in [-0.2, -0.15) is 0 Å². The monoisotopic (exact) mass is 396 g/mol. The zero-order chi connectivity index (χ0) is 19.1. The van der Waals surface area contributed by atoms with E-state index in [4.69, 9.17) is 0 Å². The van der Waals surface area contributed by atoms with Crippen LogP contribution in [-0.2, 0) is 16.6 Å². The van der Waals surface area contributed by atoms with Crippen LogP contribution in [0.5, 0.6) is 0 Å². The van der Waals surface area contributed by atoms with Crippen molar-refractivity contribution in [2.24, 2.45) is 0 Å². The Kier molecular flexibility index (Phi) is 7.56. The summed E-state index contributed by atoms with van der Waals surface area (Å²) in [5.74, 6) is 0. The van der Waals surface area contributed by atoms with E-state index >= 15 is 0 Å². The standard InChI is InChI=1S/C9H7.C9H11.2C4H9.Ti/c1-2-5-9-7-3-6-8(9)4-1;1-2-3-6-9-7-4-5-8-9;2*1-3-4-2;/h1-7H;2-4,7H,5-6H2,1H3;2*1,3-4H2,2H3;. The Labute approximate surface area is 170 Å². The molecule has 2 aliphatic rings. The summed E-state index contributed by atoms with van der Waals surface area (Å²) in [5, 5.41) is 0. The molecule has 1 unspecified atom stereocenters. The molecule has 0 aromatic heterocycles. The summed E-state index contributed by atoms with van der Waals surface area (Å²) in [5.41, 5.74) is 4.78. The molecule has 27 heavy (non-hydrogen) atoms. The molecule has 0 radical (unpaired) electrons. The fourth-order valence-electron chi connectivity index (χ4n) is 5.15. The number of rotatable bonds is 10. The van der Waals surface area contributed by atoms with Gasteiger partial charge in [-0.1, -0.05) is 0 Å². The van der Waals surface area contributed by atoms with Gasteiger partial charge < -0.3 is 0 Å². The van der Waals surface area contributed by atoms with Crippen LogP contribution < -0.4 is 0 Å². The number of benzene rings is 1. The van der Waals surface area contributed by atoms with Crippen molar-refractivity contribution in [1.29, 1.82) is 0 Å². The summed E-state index contributed by atoms with van der Waals surface area (Å²) in [6.07, 6.45) is 22.3. The van der Waals surface area contributed by atoms with Crippen molar-refractivity contribution in [3.05, 3.63) is 75.2 Å². The summed E-state index contributed by atoms with van der Waals surface area (Å²) in [7, 11) is 0. The first-order valence-electron chi connectivity index (χ1n) is 11.0. The van der Waals surface area contributed by atoms with Crippen LogP contribution in [0.1, 0.15) is 74.6 Å². The predicted molar refractivity (Wildman–Crippen MR) is 118 cm³/mol. The molecule has 0 N–H and O–H groups in total. The van der Waals surface area contributed by atoms with Crippen LogP contribution in [0.2, 0.25) is 9.45 Å². The van der Waals surface area contributed by atoms with Gasteiger partial charge in [-0.3, -0.25) is 0 Å². The van der Waals surface area contributed by atoms with E-state index in [1.807, 2.05) is 3.88 Å². The molecular formula is C26H36Ti. The van der Waals surface area contributed by atoms with E-state index in [2.05, 4.69) is 81.5 Å². The number of unbranched alkanes of at least 4 members (excludes halogenated alkanes) is 2. The molecule has 1 atom stereocenters. The van der Waals surface area contributed by atoms with Crippen molar-refractivity contribution in [2.45, 2.75) is 73.0 Å². The Morgan fingerprint density at radius 3 is 2.48 bits per heavy atom. The minimum atomic E-state index is -2.31. The van der Waals surface area contributed by atoms with Crippen LogP contribution in [-0.4, -0.2) is 0 Å². The normalized spacial score (nSPS) is 18.9. The molecule has 0 amide bonds. The molecular weight excluding hydrogens is 360 g/mol. The SMILES string of the molecule is CC=CCC1=[C]([Ti]([CH2]CCC)([CH2]CCC)[CH]2C=Cc3ccccc32)CC=C1. The summed E-state index contributed by atoms with van der Waals surface area (Å²) in [4.78, 5) is 0. The van der Waals surface area contributed by atoms with Gasteiger partial charge in [-0.25, -0.2) is 0 Å². The van der Waals surface area contributed by atoms with Gasteiger partial charge in [0.25, 0.3) is 0 Å². The molecule has 0 nitrogen and oxygen atoms in total. The molecule has 1 aromatic carbocycles. The van der Waals surface area contributed by atoms with Gasteiger partial charge in [0.2, 0.25) is 0 Å². The van der Waals surface area contributed by atoms with Crippen molar-refractivity contribution in [2.75, 3.05) is 0 Å². The molecule has 1 heteroatoms. The Morgan fingerprint density at radius 1 is 1.04 bits per heavy atom. The van der Waals surface area contributed by atoms with E-state index in [-0.39, 0.29) is 0 Å². The fourth-order valence-corrected chi connectivity index (χ4v) is 15.3. The molecule has 3 rings (SSSR count). The van der Waals surface area contributed by atoms with E-state index in [0.717, 1.165) is 10.6 Å². The fraction of sp³-hybridized carbons (Fsp3) is 0.462. The van der Waals surface area contributed by atoms with Crippen molar-refractivity contribution >= 4 is 6.08 Å². The molecule has 0 spiro atoms. The van der Waals surface area contributed by atoms with Gasteiger partial charge >= 0.3 is 171 Å². The van der Waals surface area contributed by atoms with Crippen molar-refractivity contribution in [3.8, 4) is 0 Å². The maximum atomic E-state index is 2.61. The summed E-state index contributed by atoms with van der Waals surface area (Å²) >= 11 is -2.31. The molecule has 0 saturated heterocycles. The molecule has 1 aromatic rings.